The summed E-state index contributed by atoms with van der Waals surface area (Å²) < 4.78 is 45.7. The highest BCUT2D eigenvalue weighted by atomic mass is 19.4. The molecule has 4 aromatic heterocycles. The van der Waals surface area contributed by atoms with Crippen LogP contribution in [0.5, 0.6) is 5.75 Å². The van der Waals surface area contributed by atoms with Gasteiger partial charge in [-0.2, -0.15) is 23.5 Å². The minimum atomic E-state index is -4.52. The highest BCUT2D eigenvalue weighted by molar-refractivity contribution is 5.93. The van der Waals surface area contributed by atoms with Crippen molar-refractivity contribution < 1.29 is 22.7 Å². The van der Waals surface area contributed by atoms with E-state index in [9.17, 15) is 23.2 Å². The second-order valence-electron chi connectivity index (χ2n) is 8.09. The molecule has 0 radical (unpaired) electrons. The number of halogens is 3. The van der Waals surface area contributed by atoms with Gasteiger partial charge in [-0.15, -0.1) is 0 Å². The molecule has 0 saturated heterocycles. The van der Waals surface area contributed by atoms with Crippen molar-refractivity contribution in [2.75, 3.05) is 5.32 Å². The van der Waals surface area contributed by atoms with E-state index in [4.69, 9.17) is 4.74 Å². The Balaban J connectivity index is 1.40. The van der Waals surface area contributed by atoms with Crippen LogP contribution in [0.25, 0.3) is 16.6 Å². The van der Waals surface area contributed by atoms with Crippen molar-refractivity contribution in [2.24, 2.45) is 5.92 Å². The Morgan fingerprint density at radius 3 is 2.69 bits per heavy atom. The first-order valence-corrected chi connectivity index (χ1v) is 10.7. The Bertz CT molecular complexity index is 1450. The van der Waals surface area contributed by atoms with Gasteiger partial charge in [0, 0.05) is 35.5 Å². The van der Waals surface area contributed by atoms with Gasteiger partial charge in [0.25, 0.3) is 0 Å². The molecule has 1 amide bonds. The summed E-state index contributed by atoms with van der Waals surface area (Å²) in [6, 6.07) is 11.1. The Kier molecular flexibility index (Phi) is 5.56. The fourth-order valence-corrected chi connectivity index (χ4v) is 3.48. The van der Waals surface area contributed by atoms with E-state index in [-0.39, 0.29) is 24.1 Å². The molecular weight excluding hydrogens is 461 g/mol. The van der Waals surface area contributed by atoms with Gasteiger partial charge in [0.1, 0.15) is 29.8 Å². The van der Waals surface area contributed by atoms with Gasteiger partial charge in [0.05, 0.1) is 11.7 Å². The Hall–Kier alpha value is -4.46. The first-order chi connectivity index (χ1) is 16.8. The van der Waals surface area contributed by atoms with E-state index in [1.54, 1.807) is 28.9 Å². The standard InChI is InChI=1S/C24H17F3N6O2/c25-24(26,27)21-4-1-14(11-30-21)13-35-20-12-29-17(10-28)8-19(20)16-5-6-33-18(7-16)9-22(32-33)31-23(34)15-2-3-15/h1,4-9,11-12,15H,2-3,13H2,(H,31,32,34). The summed E-state index contributed by atoms with van der Waals surface area (Å²) in [6.45, 7) is -0.0437. The lowest BCUT2D eigenvalue weighted by Crippen LogP contribution is -2.13. The maximum Gasteiger partial charge on any atom is 0.433 e. The highest BCUT2D eigenvalue weighted by Gasteiger charge is 2.32. The average Bonchev–Trinajstić information content (AvgIpc) is 3.62. The predicted molar refractivity (Wildman–Crippen MR) is 118 cm³/mol. The molecule has 1 fully saturated rings. The van der Waals surface area contributed by atoms with Crippen molar-refractivity contribution in [2.45, 2.75) is 25.6 Å². The van der Waals surface area contributed by atoms with Crippen molar-refractivity contribution >= 4 is 17.2 Å². The Morgan fingerprint density at radius 1 is 1.17 bits per heavy atom. The predicted octanol–water partition coefficient (Wildman–Crippen LogP) is 4.61. The van der Waals surface area contributed by atoms with Crippen LogP contribution in [0.3, 0.4) is 0 Å². The number of aromatic nitrogens is 4. The number of nitrogens with zero attached hydrogens (tertiary/aromatic N) is 5. The molecule has 0 bridgehead atoms. The minimum Gasteiger partial charge on any atom is -0.487 e. The Morgan fingerprint density at radius 2 is 2.00 bits per heavy atom. The van der Waals surface area contributed by atoms with Gasteiger partial charge < -0.3 is 10.1 Å². The largest absolute Gasteiger partial charge is 0.487 e. The minimum absolute atomic E-state index is 0.0437. The number of rotatable bonds is 6. The molecule has 11 heteroatoms. The quantitative estimate of drug-likeness (QED) is 0.434. The molecule has 1 aliphatic rings. The zero-order chi connectivity index (χ0) is 24.6. The number of anilines is 1. The van der Waals surface area contributed by atoms with E-state index < -0.39 is 11.9 Å². The SMILES string of the molecule is N#Cc1cc(-c2ccn3nc(NC(=O)C4CC4)cc3c2)c(OCc2ccc(C(F)(F)F)nc2)cn1. The molecule has 5 rings (SSSR count). The molecule has 0 aliphatic heterocycles. The number of nitriles is 1. The number of alkyl halides is 3. The average molecular weight is 478 g/mol. The van der Waals surface area contributed by atoms with E-state index in [0.717, 1.165) is 25.1 Å². The zero-order valence-electron chi connectivity index (χ0n) is 18.1. The molecular formula is C24H17F3N6O2. The highest BCUT2D eigenvalue weighted by Crippen LogP contribution is 2.33. The summed E-state index contributed by atoms with van der Waals surface area (Å²) in [4.78, 5) is 19.5. The van der Waals surface area contributed by atoms with E-state index >= 15 is 0 Å². The smallest absolute Gasteiger partial charge is 0.433 e. The first-order valence-electron chi connectivity index (χ1n) is 10.7. The molecule has 35 heavy (non-hydrogen) atoms. The monoisotopic (exact) mass is 478 g/mol. The maximum absolute atomic E-state index is 12.7. The third kappa shape index (κ3) is 4.91. The summed E-state index contributed by atoms with van der Waals surface area (Å²) in [5.74, 6) is 0.791. The van der Waals surface area contributed by atoms with E-state index in [0.29, 0.717) is 33.8 Å². The van der Waals surface area contributed by atoms with Gasteiger partial charge in [0.2, 0.25) is 5.91 Å². The van der Waals surface area contributed by atoms with Crippen molar-refractivity contribution in [3.05, 3.63) is 71.9 Å². The summed E-state index contributed by atoms with van der Waals surface area (Å²) in [7, 11) is 0. The topological polar surface area (TPSA) is 105 Å². The molecule has 0 unspecified atom stereocenters. The molecule has 8 nitrogen and oxygen atoms in total. The van der Waals surface area contributed by atoms with Gasteiger partial charge in [-0.25, -0.2) is 9.50 Å². The van der Waals surface area contributed by atoms with Gasteiger partial charge in [0.15, 0.2) is 5.82 Å². The molecule has 4 heterocycles. The van der Waals surface area contributed by atoms with Crippen molar-refractivity contribution in [3.8, 4) is 22.9 Å². The molecule has 1 saturated carbocycles. The normalized spacial score (nSPS) is 13.4. The van der Waals surface area contributed by atoms with Crippen LogP contribution >= 0.6 is 0 Å². The second-order valence-corrected chi connectivity index (χ2v) is 8.09. The van der Waals surface area contributed by atoms with Crippen LogP contribution in [0.15, 0.2) is 55.0 Å². The van der Waals surface area contributed by atoms with Crippen LogP contribution in [0.1, 0.15) is 29.8 Å². The van der Waals surface area contributed by atoms with Crippen molar-refractivity contribution in [1.82, 2.24) is 19.6 Å². The molecule has 4 aromatic rings. The van der Waals surface area contributed by atoms with Gasteiger partial charge in [-0.05, 0) is 42.7 Å². The maximum atomic E-state index is 12.7. The lowest BCUT2D eigenvalue weighted by atomic mass is 10.1. The zero-order valence-corrected chi connectivity index (χ0v) is 18.1. The van der Waals surface area contributed by atoms with Gasteiger partial charge >= 0.3 is 6.18 Å². The van der Waals surface area contributed by atoms with Crippen LogP contribution in [0.4, 0.5) is 19.0 Å². The van der Waals surface area contributed by atoms with E-state index in [1.165, 1.54) is 12.3 Å². The van der Waals surface area contributed by atoms with Crippen LogP contribution in [-0.2, 0) is 17.6 Å². The number of pyridine rings is 3. The summed E-state index contributed by atoms with van der Waals surface area (Å²) in [5, 5.41) is 16.5. The van der Waals surface area contributed by atoms with Crippen LogP contribution in [-0.4, -0.2) is 25.5 Å². The van der Waals surface area contributed by atoms with Crippen molar-refractivity contribution in [3.63, 3.8) is 0 Å². The molecule has 0 spiro atoms. The lowest BCUT2D eigenvalue weighted by Gasteiger charge is -2.12. The third-order valence-electron chi connectivity index (χ3n) is 5.47. The number of ether oxygens (including phenoxy) is 1. The van der Waals surface area contributed by atoms with E-state index in [1.807, 2.05) is 12.1 Å². The molecule has 0 aromatic carbocycles. The van der Waals surface area contributed by atoms with Crippen LogP contribution in [0, 0.1) is 17.2 Å². The summed E-state index contributed by atoms with van der Waals surface area (Å²) in [6.07, 6.45) is 1.47. The summed E-state index contributed by atoms with van der Waals surface area (Å²) >= 11 is 0. The molecule has 176 valence electrons. The number of carbonyl (C=O) groups is 1. The number of hydrogen-bond donors (Lipinski definition) is 1. The molecule has 0 atom stereocenters. The van der Waals surface area contributed by atoms with E-state index in [2.05, 4.69) is 20.4 Å². The van der Waals surface area contributed by atoms with Gasteiger partial charge in [-0.3, -0.25) is 9.78 Å². The third-order valence-corrected chi connectivity index (χ3v) is 5.47. The lowest BCUT2D eigenvalue weighted by molar-refractivity contribution is -0.141. The fraction of sp³-hybridized carbons (Fsp3) is 0.208. The number of amides is 1. The molecule has 1 aliphatic carbocycles. The first kappa shape index (κ1) is 22.3. The Labute approximate surface area is 197 Å². The number of carbonyl (C=O) groups excluding carboxylic acids is 1. The fourth-order valence-electron chi connectivity index (χ4n) is 3.48. The number of fused-ring (bicyclic) bond motifs is 1. The van der Waals surface area contributed by atoms with Gasteiger partial charge in [-0.1, -0.05) is 6.07 Å². The van der Waals surface area contributed by atoms with Crippen molar-refractivity contribution in [1.29, 1.82) is 5.26 Å². The number of nitrogens with one attached hydrogen (secondary N) is 1. The summed E-state index contributed by atoms with van der Waals surface area (Å²) in [5.41, 5.74) is 1.62. The van der Waals surface area contributed by atoms with Crippen LogP contribution < -0.4 is 10.1 Å². The number of hydrogen-bond acceptors (Lipinski definition) is 6. The second kappa shape index (κ2) is 8.72. The molecule has 1 N–H and O–H groups in total. The van der Waals surface area contributed by atoms with Crippen LogP contribution in [0.2, 0.25) is 0 Å².